The lowest BCUT2D eigenvalue weighted by Crippen LogP contribution is -2.41. The first-order valence-electron chi connectivity index (χ1n) is 20.1. The van der Waals surface area contributed by atoms with Gasteiger partial charge in [0.15, 0.2) is 12.6 Å². The summed E-state index contributed by atoms with van der Waals surface area (Å²) in [6, 6.07) is 18.5. The molecule has 0 aliphatic carbocycles. The Balaban J connectivity index is 0.000000266. The van der Waals surface area contributed by atoms with E-state index in [0.717, 1.165) is 50.4 Å². The Kier molecular flexibility index (Phi) is 20.5. The van der Waals surface area contributed by atoms with Gasteiger partial charge in [-0.2, -0.15) is 0 Å². The van der Waals surface area contributed by atoms with Crippen LogP contribution in [0.4, 0.5) is 0 Å². The zero-order chi connectivity index (χ0) is 35.4. The van der Waals surface area contributed by atoms with Crippen molar-refractivity contribution in [2.24, 2.45) is 0 Å². The second-order valence-corrected chi connectivity index (χ2v) is 26.7. The SMILES string of the molecule is CCCCCCCC[Si](C)(C)c1ccc(OC2CCCCO2)c(I)c1.CCCCCCCC[Si](C)(C)c1ccc(OC2CCCCO2)cc1. The molecule has 2 aliphatic rings. The maximum Gasteiger partial charge on any atom is 0.199 e. The fraction of sp³-hybridized carbons (Fsp3) is 0.714. The van der Waals surface area contributed by atoms with Gasteiger partial charge >= 0.3 is 0 Å². The molecule has 2 saturated heterocycles. The van der Waals surface area contributed by atoms with E-state index in [1.807, 2.05) is 0 Å². The minimum absolute atomic E-state index is 0.0435. The van der Waals surface area contributed by atoms with Gasteiger partial charge in [-0.3, -0.25) is 0 Å². The van der Waals surface area contributed by atoms with Gasteiger partial charge in [-0.25, -0.2) is 0 Å². The summed E-state index contributed by atoms with van der Waals surface area (Å²) in [5.74, 6) is 1.94. The van der Waals surface area contributed by atoms with Gasteiger partial charge in [-0.05, 0) is 72.5 Å². The molecule has 2 heterocycles. The van der Waals surface area contributed by atoms with Crippen molar-refractivity contribution in [3.05, 3.63) is 46.0 Å². The quantitative estimate of drug-likeness (QED) is 0.0757. The molecule has 2 unspecified atom stereocenters. The highest BCUT2D eigenvalue weighted by atomic mass is 127. The summed E-state index contributed by atoms with van der Waals surface area (Å²) >= 11 is 2.42. The third-order valence-electron chi connectivity index (χ3n) is 10.5. The molecule has 2 aromatic carbocycles. The molecule has 0 amide bonds. The Morgan fingerprint density at radius 2 is 1.06 bits per heavy atom. The molecule has 0 N–H and O–H groups in total. The molecular formula is C42H71IO4Si2. The van der Waals surface area contributed by atoms with Crippen molar-refractivity contribution >= 4 is 49.1 Å². The van der Waals surface area contributed by atoms with Crippen LogP contribution < -0.4 is 19.8 Å². The molecule has 49 heavy (non-hydrogen) atoms. The Morgan fingerprint density at radius 1 is 0.592 bits per heavy atom. The number of hydrogen-bond acceptors (Lipinski definition) is 4. The summed E-state index contributed by atoms with van der Waals surface area (Å²) < 4.78 is 24.6. The van der Waals surface area contributed by atoms with E-state index in [9.17, 15) is 0 Å². The van der Waals surface area contributed by atoms with Crippen LogP contribution in [0.15, 0.2) is 42.5 Å². The molecule has 2 aliphatic heterocycles. The predicted molar refractivity (Wildman–Crippen MR) is 225 cm³/mol. The van der Waals surface area contributed by atoms with Crippen LogP contribution in [0.1, 0.15) is 129 Å². The molecule has 7 heteroatoms. The van der Waals surface area contributed by atoms with Crippen molar-refractivity contribution in [1.29, 1.82) is 0 Å². The third-order valence-corrected chi connectivity index (χ3v) is 18.3. The highest BCUT2D eigenvalue weighted by Crippen LogP contribution is 2.26. The zero-order valence-corrected chi connectivity index (χ0v) is 36.4. The van der Waals surface area contributed by atoms with E-state index in [4.69, 9.17) is 18.9 Å². The Bertz CT molecular complexity index is 1140. The summed E-state index contributed by atoms with van der Waals surface area (Å²) in [5.41, 5.74) is 0. The first kappa shape index (κ1) is 42.5. The molecule has 0 saturated carbocycles. The number of ether oxygens (including phenoxy) is 4. The Labute approximate surface area is 317 Å². The van der Waals surface area contributed by atoms with Gasteiger partial charge in [0.05, 0.1) is 32.9 Å². The molecule has 4 rings (SSSR count). The monoisotopic (exact) mass is 822 g/mol. The molecule has 2 fully saturated rings. The molecule has 2 atom stereocenters. The molecule has 0 spiro atoms. The Morgan fingerprint density at radius 3 is 1.55 bits per heavy atom. The van der Waals surface area contributed by atoms with Gasteiger partial charge in [0.25, 0.3) is 0 Å². The van der Waals surface area contributed by atoms with Crippen LogP contribution in [-0.4, -0.2) is 41.9 Å². The number of benzene rings is 2. The molecule has 0 bridgehead atoms. The maximum absolute atomic E-state index is 6.08. The van der Waals surface area contributed by atoms with Crippen molar-refractivity contribution in [1.82, 2.24) is 0 Å². The zero-order valence-electron chi connectivity index (χ0n) is 32.3. The van der Waals surface area contributed by atoms with Crippen molar-refractivity contribution < 1.29 is 18.9 Å². The average Bonchev–Trinajstić information content (AvgIpc) is 3.10. The molecule has 2 aromatic rings. The standard InChI is InChI=1S/C21H35IO2Si.C21H36O2Si/c1-4-5-6-7-8-11-16-25(2,3)18-13-14-20(19(22)17-18)24-21-12-9-10-15-23-21;1-4-5-6-7-8-11-18-24(2,3)20-15-13-19(14-16-20)23-21-12-9-10-17-22-21/h13-14,17,21H,4-12,15-16H2,1-3H3;13-16,21H,4-12,17-18H2,1-3H3. The first-order chi connectivity index (χ1) is 23.6. The van der Waals surface area contributed by atoms with Gasteiger partial charge in [0, 0.05) is 12.8 Å². The van der Waals surface area contributed by atoms with Crippen molar-refractivity contribution in [3.63, 3.8) is 0 Å². The summed E-state index contributed by atoms with van der Waals surface area (Å²) in [6.45, 7) is 16.2. The van der Waals surface area contributed by atoms with E-state index in [-0.39, 0.29) is 12.6 Å². The van der Waals surface area contributed by atoms with Gasteiger partial charge < -0.3 is 18.9 Å². The van der Waals surface area contributed by atoms with E-state index in [0.29, 0.717) is 0 Å². The van der Waals surface area contributed by atoms with Gasteiger partial charge in [-0.1, -0.05) is 158 Å². The van der Waals surface area contributed by atoms with Gasteiger partial charge in [0.1, 0.15) is 11.5 Å². The lowest BCUT2D eigenvalue weighted by atomic mass is 10.1. The van der Waals surface area contributed by atoms with Crippen LogP contribution in [0.2, 0.25) is 38.3 Å². The molecule has 0 aromatic heterocycles. The first-order valence-corrected chi connectivity index (χ1v) is 27.6. The van der Waals surface area contributed by atoms with Crippen LogP contribution in [0.25, 0.3) is 0 Å². The lowest BCUT2D eigenvalue weighted by Gasteiger charge is -2.26. The van der Waals surface area contributed by atoms with E-state index >= 15 is 0 Å². The number of halogens is 1. The highest BCUT2D eigenvalue weighted by Gasteiger charge is 2.25. The summed E-state index contributed by atoms with van der Waals surface area (Å²) in [5, 5.41) is 3.11. The van der Waals surface area contributed by atoms with Crippen LogP contribution in [0, 0.1) is 3.57 Å². The van der Waals surface area contributed by atoms with Gasteiger partial charge in [0.2, 0.25) is 0 Å². The maximum atomic E-state index is 6.08. The van der Waals surface area contributed by atoms with Crippen LogP contribution in [0.5, 0.6) is 11.5 Å². The summed E-state index contributed by atoms with van der Waals surface area (Å²) in [7, 11) is -2.66. The number of hydrogen-bond donors (Lipinski definition) is 0. The number of rotatable bonds is 20. The molecule has 4 nitrogen and oxygen atoms in total. The molecule has 0 radical (unpaired) electrons. The van der Waals surface area contributed by atoms with Gasteiger partial charge in [-0.15, -0.1) is 0 Å². The second-order valence-electron chi connectivity index (χ2n) is 15.8. The summed E-state index contributed by atoms with van der Waals surface area (Å²) in [6.07, 6.45) is 23.3. The highest BCUT2D eigenvalue weighted by molar-refractivity contribution is 14.1. The fourth-order valence-electron chi connectivity index (χ4n) is 6.89. The topological polar surface area (TPSA) is 36.9 Å². The van der Waals surface area contributed by atoms with Crippen molar-refractivity contribution in [2.75, 3.05) is 13.2 Å². The fourth-order valence-corrected chi connectivity index (χ4v) is 12.8. The largest absolute Gasteiger partial charge is 0.465 e. The third kappa shape index (κ3) is 16.6. The van der Waals surface area contributed by atoms with E-state index in [1.165, 1.54) is 106 Å². The van der Waals surface area contributed by atoms with Crippen molar-refractivity contribution in [2.45, 2.75) is 180 Å². The van der Waals surface area contributed by atoms with E-state index in [2.05, 4.69) is 105 Å². The normalized spacial score (nSPS) is 18.4. The van der Waals surface area contributed by atoms with Crippen molar-refractivity contribution in [3.8, 4) is 11.5 Å². The van der Waals surface area contributed by atoms with Crippen LogP contribution >= 0.6 is 22.6 Å². The molecule has 278 valence electrons. The number of unbranched alkanes of at least 4 members (excludes halogenated alkanes) is 10. The molecular weight excluding hydrogens is 752 g/mol. The lowest BCUT2D eigenvalue weighted by molar-refractivity contribution is -0.106. The van der Waals surface area contributed by atoms with E-state index < -0.39 is 16.1 Å². The minimum atomic E-state index is -1.35. The van der Waals surface area contributed by atoms with Crippen LogP contribution in [0.3, 0.4) is 0 Å². The predicted octanol–water partition coefficient (Wildman–Crippen LogP) is 12.3. The minimum Gasteiger partial charge on any atom is -0.465 e. The summed E-state index contributed by atoms with van der Waals surface area (Å²) in [4.78, 5) is 0. The Hall–Kier alpha value is -0.876. The second kappa shape index (κ2) is 23.6. The average molecular weight is 823 g/mol. The van der Waals surface area contributed by atoms with E-state index in [1.54, 1.807) is 10.4 Å². The van der Waals surface area contributed by atoms with Crippen LogP contribution in [-0.2, 0) is 9.47 Å². The smallest absolute Gasteiger partial charge is 0.199 e.